The van der Waals surface area contributed by atoms with Crippen LogP contribution in [0.25, 0.3) is 0 Å². The molecule has 2 atom stereocenters. The quantitative estimate of drug-likeness (QED) is 0.107. The van der Waals surface area contributed by atoms with Crippen LogP contribution in [0.5, 0.6) is 5.75 Å². The summed E-state index contributed by atoms with van der Waals surface area (Å²) < 4.78 is 10.5. The molecular formula is C31H23Cl2NO7. The number of Topliss-reactive ketones (excluding diaryl/α,β-unsaturated/α-hetero) is 1. The molecule has 3 aromatic carbocycles. The third kappa shape index (κ3) is 5.94. The maximum absolute atomic E-state index is 13.0. The van der Waals surface area contributed by atoms with Gasteiger partial charge in [-0.2, -0.15) is 0 Å². The summed E-state index contributed by atoms with van der Waals surface area (Å²) in [6, 6.07) is 16.1. The number of hydrogen-bond donors (Lipinski definition) is 0. The van der Waals surface area contributed by atoms with Gasteiger partial charge in [-0.15, -0.1) is 0 Å². The fourth-order valence-corrected chi connectivity index (χ4v) is 5.16. The van der Waals surface area contributed by atoms with Crippen molar-refractivity contribution in [1.82, 2.24) is 0 Å². The van der Waals surface area contributed by atoms with Crippen molar-refractivity contribution in [2.75, 3.05) is 11.5 Å². The highest BCUT2D eigenvalue weighted by Gasteiger charge is 2.48. The molecule has 0 bridgehead atoms. The minimum absolute atomic E-state index is 0.102. The number of imide groups is 1. The zero-order chi connectivity index (χ0) is 29.3. The number of fused-ring (bicyclic) bond motifs is 1. The fourth-order valence-electron chi connectivity index (χ4n) is 4.86. The van der Waals surface area contributed by atoms with E-state index in [1.165, 1.54) is 54.6 Å². The van der Waals surface area contributed by atoms with Gasteiger partial charge in [-0.05, 0) is 80.4 Å². The highest BCUT2D eigenvalue weighted by atomic mass is 35.5. The average molecular weight is 592 g/mol. The monoisotopic (exact) mass is 591 g/mol. The predicted molar refractivity (Wildman–Crippen MR) is 151 cm³/mol. The Balaban J connectivity index is 1.18. The minimum atomic E-state index is -0.776. The Kier molecular flexibility index (Phi) is 8.06. The van der Waals surface area contributed by atoms with E-state index in [4.69, 9.17) is 32.7 Å². The number of hydrogen-bond acceptors (Lipinski definition) is 7. The third-order valence-electron chi connectivity index (χ3n) is 7.04. The van der Waals surface area contributed by atoms with Crippen LogP contribution in [-0.4, -0.2) is 36.1 Å². The Hall–Kier alpha value is -4.27. The number of amides is 2. The van der Waals surface area contributed by atoms with Gasteiger partial charge in [0.15, 0.2) is 12.4 Å². The van der Waals surface area contributed by atoms with Crippen LogP contribution in [0.2, 0.25) is 10.0 Å². The molecule has 0 aromatic heterocycles. The van der Waals surface area contributed by atoms with Crippen LogP contribution in [0.1, 0.15) is 50.8 Å². The highest BCUT2D eigenvalue weighted by Crippen LogP contribution is 2.39. The molecular weight excluding hydrogens is 569 g/mol. The van der Waals surface area contributed by atoms with Gasteiger partial charge < -0.3 is 9.47 Å². The minimum Gasteiger partial charge on any atom is -0.454 e. The van der Waals surface area contributed by atoms with Crippen molar-refractivity contribution in [3.05, 3.63) is 105 Å². The van der Waals surface area contributed by atoms with Crippen LogP contribution in [0.3, 0.4) is 0 Å². The Morgan fingerprint density at radius 1 is 0.829 bits per heavy atom. The molecule has 0 saturated carbocycles. The summed E-state index contributed by atoms with van der Waals surface area (Å²) in [5.74, 6) is -3.06. The molecule has 8 nitrogen and oxygen atoms in total. The molecule has 1 heterocycles. The molecule has 2 amide bonds. The number of carbonyl (C=O) groups is 5. The molecule has 2 unspecified atom stereocenters. The van der Waals surface area contributed by atoms with Crippen LogP contribution in [0.4, 0.5) is 5.69 Å². The second kappa shape index (κ2) is 11.7. The average Bonchev–Trinajstić information content (AvgIpc) is 3.21. The molecule has 2 aliphatic rings. The van der Waals surface area contributed by atoms with E-state index in [0.717, 1.165) is 10.5 Å². The molecule has 1 aliphatic heterocycles. The summed E-state index contributed by atoms with van der Waals surface area (Å²) in [4.78, 5) is 64.8. The van der Waals surface area contributed by atoms with Crippen molar-refractivity contribution in [2.45, 2.75) is 19.8 Å². The zero-order valence-electron chi connectivity index (χ0n) is 21.8. The summed E-state index contributed by atoms with van der Waals surface area (Å²) in [5, 5.41) is 0.522. The normalized spacial score (nSPS) is 18.0. The molecule has 1 saturated heterocycles. The number of benzene rings is 3. The first-order chi connectivity index (χ1) is 19.6. The lowest BCUT2D eigenvalue weighted by molar-refractivity contribution is -0.122. The van der Waals surface area contributed by atoms with Crippen molar-refractivity contribution in [2.24, 2.45) is 11.8 Å². The van der Waals surface area contributed by atoms with Gasteiger partial charge in [0.05, 0.1) is 38.7 Å². The van der Waals surface area contributed by atoms with E-state index in [9.17, 15) is 24.0 Å². The van der Waals surface area contributed by atoms with Gasteiger partial charge in [0.25, 0.3) is 0 Å². The first-order valence-electron chi connectivity index (χ1n) is 12.7. The van der Waals surface area contributed by atoms with Gasteiger partial charge in [0, 0.05) is 5.56 Å². The topological polar surface area (TPSA) is 107 Å². The van der Waals surface area contributed by atoms with E-state index >= 15 is 0 Å². The Morgan fingerprint density at radius 3 is 2.24 bits per heavy atom. The fraction of sp³-hybridized carbons (Fsp3) is 0.194. The molecule has 0 spiro atoms. The highest BCUT2D eigenvalue weighted by molar-refractivity contribution is 6.42. The summed E-state index contributed by atoms with van der Waals surface area (Å²) >= 11 is 11.8. The second-order valence-electron chi connectivity index (χ2n) is 9.81. The lowest BCUT2D eigenvalue weighted by Crippen LogP contribution is -2.31. The summed E-state index contributed by atoms with van der Waals surface area (Å²) in [5.41, 5.74) is 1.92. The molecule has 10 heteroatoms. The van der Waals surface area contributed by atoms with Crippen molar-refractivity contribution in [3.8, 4) is 5.75 Å². The zero-order valence-corrected chi connectivity index (χ0v) is 23.3. The van der Waals surface area contributed by atoms with Crippen molar-refractivity contribution in [1.29, 1.82) is 0 Å². The van der Waals surface area contributed by atoms with Crippen molar-refractivity contribution in [3.63, 3.8) is 0 Å². The predicted octanol–water partition coefficient (Wildman–Crippen LogP) is 6.10. The van der Waals surface area contributed by atoms with E-state index in [1.54, 1.807) is 12.1 Å². The van der Waals surface area contributed by atoms with E-state index in [2.05, 4.69) is 0 Å². The molecule has 0 radical (unpaired) electrons. The van der Waals surface area contributed by atoms with Crippen molar-refractivity contribution >= 4 is 58.4 Å². The van der Waals surface area contributed by atoms with Gasteiger partial charge in [0.1, 0.15) is 5.75 Å². The number of nitrogens with zero attached hydrogens (tertiary/aromatic N) is 1. The number of halogens is 2. The number of carbonyl (C=O) groups excluding carboxylic acids is 5. The summed E-state index contributed by atoms with van der Waals surface area (Å²) in [6.45, 7) is 1.40. The van der Waals surface area contributed by atoms with Gasteiger partial charge in [-0.1, -0.05) is 40.9 Å². The standard InChI is InChI=1S/C31H23Cl2NO7/c1-17-5-11-23-24(13-17)29(37)34(28(23)36)21-4-2-3-19(14-21)30(38)40-16-27(35)18-6-9-22(10-7-18)41-31(39)20-8-12-25(32)26(33)15-20/h2-10,12,14-15,23-24H,11,13,16H2,1H3. The summed E-state index contributed by atoms with van der Waals surface area (Å²) in [6.07, 6.45) is 3.04. The van der Waals surface area contributed by atoms with E-state index in [0.29, 0.717) is 23.6 Å². The number of ether oxygens (including phenoxy) is 2. The number of rotatable bonds is 7. The number of esters is 2. The Labute approximate surface area is 245 Å². The molecule has 41 heavy (non-hydrogen) atoms. The van der Waals surface area contributed by atoms with E-state index < -0.39 is 36.2 Å². The summed E-state index contributed by atoms with van der Waals surface area (Å²) in [7, 11) is 0. The van der Waals surface area contributed by atoms with Crippen molar-refractivity contribution < 1.29 is 33.4 Å². The largest absolute Gasteiger partial charge is 0.454 e. The molecule has 1 fully saturated rings. The lowest BCUT2D eigenvalue weighted by atomic mass is 9.82. The lowest BCUT2D eigenvalue weighted by Gasteiger charge is -2.18. The SMILES string of the molecule is CC1=CCC2C(=O)N(c3cccc(C(=O)OCC(=O)c4ccc(OC(=O)c5ccc(Cl)c(Cl)c5)cc4)c3)C(=O)C2C1. The molecule has 5 rings (SSSR count). The van der Waals surface area contributed by atoms with Crippen LogP contribution in [-0.2, 0) is 14.3 Å². The molecule has 1 aliphatic carbocycles. The molecule has 0 N–H and O–H groups in total. The Morgan fingerprint density at radius 2 is 1.51 bits per heavy atom. The maximum atomic E-state index is 13.0. The third-order valence-corrected chi connectivity index (χ3v) is 7.78. The first kappa shape index (κ1) is 28.3. The number of ketones is 1. The van der Waals surface area contributed by atoms with Gasteiger partial charge >= 0.3 is 11.9 Å². The second-order valence-corrected chi connectivity index (χ2v) is 10.6. The number of allylic oxidation sites excluding steroid dienone is 2. The van der Waals surface area contributed by atoms with E-state index in [1.807, 2.05) is 13.0 Å². The van der Waals surface area contributed by atoms with Gasteiger partial charge in [0.2, 0.25) is 11.8 Å². The van der Waals surface area contributed by atoms with E-state index in [-0.39, 0.29) is 39.3 Å². The van der Waals surface area contributed by atoms with Crippen LogP contribution in [0, 0.1) is 11.8 Å². The first-order valence-corrected chi connectivity index (χ1v) is 13.5. The van der Waals surface area contributed by atoms with Gasteiger partial charge in [-0.3, -0.25) is 19.3 Å². The Bertz CT molecular complexity index is 1610. The van der Waals surface area contributed by atoms with Crippen LogP contribution < -0.4 is 9.64 Å². The number of anilines is 1. The van der Waals surface area contributed by atoms with Gasteiger partial charge in [-0.25, -0.2) is 9.59 Å². The molecule has 208 valence electrons. The van der Waals surface area contributed by atoms with Crippen LogP contribution in [0.15, 0.2) is 78.4 Å². The molecule has 3 aromatic rings. The van der Waals surface area contributed by atoms with Crippen LogP contribution >= 0.6 is 23.2 Å². The maximum Gasteiger partial charge on any atom is 0.343 e. The smallest absolute Gasteiger partial charge is 0.343 e.